The van der Waals surface area contributed by atoms with Crippen LogP contribution in [0.5, 0.6) is 0 Å². The molecule has 2 aliphatic rings. The van der Waals surface area contributed by atoms with E-state index in [1.807, 2.05) is 0 Å². The van der Waals surface area contributed by atoms with Crippen LogP contribution in [0.4, 0.5) is 4.79 Å². The molecule has 0 aromatic carbocycles. The number of amides is 2. The van der Waals surface area contributed by atoms with Gasteiger partial charge >= 0.3 is 6.03 Å². The molecule has 0 saturated carbocycles. The Hall–Kier alpha value is -0.730. The molecule has 2 amide bonds. The van der Waals surface area contributed by atoms with E-state index in [1.54, 1.807) is 0 Å². The number of likely N-dealkylation sites (tertiary alicyclic amines) is 2. The van der Waals surface area contributed by atoms with Gasteiger partial charge in [0.15, 0.2) is 0 Å². The molecule has 0 radical (unpaired) electrons. The lowest BCUT2D eigenvalue weighted by molar-refractivity contribution is 0.114. The fraction of sp³-hybridized carbons (Fsp3) is 0.933. The second-order valence-corrected chi connectivity index (χ2v) is 6.08. The van der Waals surface area contributed by atoms with Gasteiger partial charge in [-0.15, -0.1) is 0 Å². The van der Waals surface area contributed by atoms with E-state index in [1.165, 1.54) is 38.5 Å². The fourth-order valence-electron chi connectivity index (χ4n) is 3.40. The molecular formula is C15H28N2O. The molecule has 2 atom stereocenters. The Labute approximate surface area is 112 Å². The molecule has 2 saturated heterocycles. The molecule has 0 bridgehead atoms. The lowest BCUT2D eigenvalue weighted by Crippen LogP contribution is -2.50. The van der Waals surface area contributed by atoms with E-state index < -0.39 is 0 Å². The Kier molecular flexibility index (Phi) is 4.90. The minimum absolute atomic E-state index is 0.315. The standard InChI is InChI=1S/C15H28N2O/c1-3-14-9-5-4-6-11-17(14)15(18)16-10-7-8-13(2)12-16/h13-14H,3-12H2,1-2H3. The largest absolute Gasteiger partial charge is 0.324 e. The van der Waals surface area contributed by atoms with Crippen molar-refractivity contribution in [3.8, 4) is 0 Å². The summed E-state index contributed by atoms with van der Waals surface area (Å²) in [7, 11) is 0. The fourth-order valence-corrected chi connectivity index (χ4v) is 3.40. The number of piperidine rings is 1. The number of carbonyl (C=O) groups excluding carboxylic acids is 1. The highest BCUT2D eigenvalue weighted by atomic mass is 16.2. The highest BCUT2D eigenvalue weighted by Gasteiger charge is 2.29. The van der Waals surface area contributed by atoms with Gasteiger partial charge in [0, 0.05) is 25.7 Å². The average molecular weight is 252 g/mol. The highest BCUT2D eigenvalue weighted by Crippen LogP contribution is 2.23. The Morgan fingerprint density at radius 1 is 1.11 bits per heavy atom. The zero-order chi connectivity index (χ0) is 13.0. The number of hydrogen-bond acceptors (Lipinski definition) is 1. The van der Waals surface area contributed by atoms with Gasteiger partial charge in [0.25, 0.3) is 0 Å². The molecule has 2 unspecified atom stereocenters. The molecule has 2 rings (SSSR count). The van der Waals surface area contributed by atoms with Gasteiger partial charge in [-0.2, -0.15) is 0 Å². The van der Waals surface area contributed by atoms with Gasteiger partial charge < -0.3 is 9.80 Å². The van der Waals surface area contributed by atoms with E-state index in [0.29, 0.717) is 18.0 Å². The van der Waals surface area contributed by atoms with E-state index in [-0.39, 0.29) is 0 Å². The summed E-state index contributed by atoms with van der Waals surface area (Å²) in [6, 6.07) is 0.799. The summed E-state index contributed by atoms with van der Waals surface area (Å²) in [6.45, 7) is 7.39. The average Bonchev–Trinajstić information content (AvgIpc) is 2.62. The summed E-state index contributed by atoms with van der Waals surface area (Å²) in [5, 5.41) is 0. The van der Waals surface area contributed by atoms with Gasteiger partial charge in [-0.3, -0.25) is 0 Å². The van der Waals surface area contributed by atoms with Crippen molar-refractivity contribution in [2.45, 2.75) is 64.8 Å². The molecule has 0 aliphatic carbocycles. The summed E-state index contributed by atoms with van der Waals surface area (Å²) < 4.78 is 0. The molecule has 2 aliphatic heterocycles. The third kappa shape index (κ3) is 3.18. The second kappa shape index (κ2) is 6.44. The molecule has 3 heteroatoms. The van der Waals surface area contributed by atoms with Crippen LogP contribution in [0.3, 0.4) is 0 Å². The first kappa shape index (κ1) is 13.7. The molecule has 18 heavy (non-hydrogen) atoms. The topological polar surface area (TPSA) is 23.6 Å². The number of urea groups is 1. The second-order valence-electron chi connectivity index (χ2n) is 6.08. The van der Waals surface area contributed by atoms with Crippen molar-refractivity contribution in [2.24, 2.45) is 5.92 Å². The van der Waals surface area contributed by atoms with Gasteiger partial charge in [-0.1, -0.05) is 26.7 Å². The summed E-state index contributed by atoms with van der Waals surface area (Å²) in [5.74, 6) is 0.676. The van der Waals surface area contributed by atoms with Gasteiger partial charge in [0.2, 0.25) is 0 Å². The first-order valence-corrected chi connectivity index (χ1v) is 7.78. The van der Waals surface area contributed by atoms with Gasteiger partial charge in [-0.05, 0) is 38.0 Å². The van der Waals surface area contributed by atoms with Crippen molar-refractivity contribution >= 4 is 6.03 Å². The predicted octanol–water partition coefficient (Wildman–Crippen LogP) is 3.49. The number of nitrogens with zero attached hydrogens (tertiary/aromatic N) is 2. The maximum atomic E-state index is 12.7. The van der Waals surface area contributed by atoms with Crippen molar-refractivity contribution in [3.63, 3.8) is 0 Å². The zero-order valence-corrected chi connectivity index (χ0v) is 12.0. The number of rotatable bonds is 1. The Morgan fingerprint density at radius 3 is 2.67 bits per heavy atom. The van der Waals surface area contributed by atoms with Gasteiger partial charge in [0.1, 0.15) is 0 Å². The van der Waals surface area contributed by atoms with Crippen LogP contribution < -0.4 is 0 Å². The molecule has 0 N–H and O–H groups in total. The summed E-state index contributed by atoms with van der Waals surface area (Å²) >= 11 is 0. The van der Waals surface area contributed by atoms with E-state index >= 15 is 0 Å². The van der Waals surface area contributed by atoms with E-state index in [9.17, 15) is 4.79 Å². The molecule has 104 valence electrons. The van der Waals surface area contributed by atoms with Crippen LogP contribution in [-0.2, 0) is 0 Å². The van der Waals surface area contributed by atoms with Crippen molar-refractivity contribution in [1.82, 2.24) is 9.80 Å². The summed E-state index contributed by atoms with van der Waals surface area (Å²) in [6.07, 6.45) is 8.53. The predicted molar refractivity (Wildman–Crippen MR) is 74.6 cm³/mol. The molecule has 3 nitrogen and oxygen atoms in total. The molecule has 0 aromatic heterocycles. The molecule has 2 heterocycles. The van der Waals surface area contributed by atoms with Crippen LogP contribution in [-0.4, -0.2) is 41.5 Å². The first-order valence-electron chi connectivity index (χ1n) is 7.78. The third-order valence-corrected chi connectivity index (χ3v) is 4.52. The van der Waals surface area contributed by atoms with Crippen molar-refractivity contribution < 1.29 is 4.79 Å². The summed E-state index contributed by atoms with van der Waals surface area (Å²) in [5.41, 5.74) is 0. The number of hydrogen-bond donors (Lipinski definition) is 0. The normalized spacial score (nSPS) is 30.1. The van der Waals surface area contributed by atoms with E-state index in [0.717, 1.165) is 26.1 Å². The Morgan fingerprint density at radius 2 is 1.94 bits per heavy atom. The minimum atomic E-state index is 0.315. The smallest absolute Gasteiger partial charge is 0.320 e. The first-order chi connectivity index (χ1) is 8.72. The quantitative estimate of drug-likeness (QED) is 0.700. The molecule has 0 spiro atoms. The van der Waals surface area contributed by atoms with Crippen LogP contribution in [0, 0.1) is 5.92 Å². The van der Waals surface area contributed by atoms with Crippen molar-refractivity contribution in [2.75, 3.05) is 19.6 Å². The van der Waals surface area contributed by atoms with E-state index in [2.05, 4.69) is 23.6 Å². The minimum Gasteiger partial charge on any atom is -0.324 e. The van der Waals surface area contributed by atoms with Crippen molar-refractivity contribution in [1.29, 1.82) is 0 Å². The van der Waals surface area contributed by atoms with Crippen molar-refractivity contribution in [3.05, 3.63) is 0 Å². The Balaban J connectivity index is 2.00. The highest BCUT2D eigenvalue weighted by molar-refractivity contribution is 5.75. The SMILES string of the molecule is CCC1CCCCCN1C(=O)N1CCCC(C)C1. The monoisotopic (exact) mass is 252 g/mol. The summed E-state index contributed by atoms with van der Waals surface area (Å²) in [4.78, 5) is 16.9. The van der Waals surface area contributed by atoms with Crippen LogP contribution >= 0.6 is 0 Å². The molecule has 0 aromatic rings. The van der Waals surface area contributed by atoms with Crippen LogP contribution in [0.25, 0.3) is 0 Å². The zero-order valence-electron chi connectivity index (χ0n) is 12.0. The lowest BCUT2D eigenvalue weighted by Gasteiger charge is -2.38. The van der Waals surface area contributed by atoms with Crippen LogP contribution in [0.1, 0.15) is 58.8 Å². The third-order valence-electron chi connectivity index (χ3n) is 4.52. The maximum Gasteiger partial charge on any atom is 0.320 e. The van der Waals surface area contributed by atoms with Gasteiger partial charge in [0.05, 0.1) is 0 Å². The maximum absolute atomic E-state index is 12.7. The van der Waals surface area contributed by atoms with Crippen LogP contribution in [0.2, 0.25) is 0 Å². The van der Waals surface area contributed by atoms with Crippen LogP contribution in [0.15, 0.2) is 0 Å². The van der Waals surface area contributed by atoms with E-state index in [4.69, 9.17) is 0 Å². The molecular weight excluding hydrogens is 224 g/mol. The number of carbonyl (C=O) groups is 1. The van der Waals surface area contributed by atoms with Gasteiger partial charge in [-0.25, -0.2) is 4.79 Å². The Bertz CT molecular complexity index is 280. The molecule has 2 fully saturated rings. The lowest BCUT2D eigenvalue weighted by atomic mass is 10.0.